The smallest absolute Gasteiger partial charge is 0.257 e. The Balaban J connectivity index is 1.95. The number of sulfonamides is 1. The third-order valence-electron chi connectivity index (χ3n) is 4.86. The summed E-state index contributed by atoms with van der Waals surface area (Å²) < 4.78 is 40.0. The van der Waals surface area contributed by atoms with Crippen LogP contribution < -0.4 is 10.0 Å². The molecule has 0 bridgehead atoms. The zero-order valence-corrected chi connectivity index (χ0v) is 17.0. The predicted octanol–water partition coefficient (Wildman–Crippen LogP) is 4.50. The Bertz CT molecular complexity index is 1250. The highest BCUT2D eigenvalue weighted by Gasteiger charge is 2.29. The van der Waals surface area contributed by atoms with E-state index in [0.29, 0.717) is 33.6 Å². The van der Waals surface area contributed by atoms with E-state index in [0.717, 1.165) is 5.56 Å². The first-order chi connectivity index (χ1) is 14.4. The van der Waals surface area contributed by atoms with Crippen molar-refractivity contribution in [3.63, 3.8) is 0 Å². The van der Waals surface area contributed by atoms with Crippen LogP contribution in [0.15, 0.2) is 72.8 Å². The Morgan fingerprint density at radius 1 is 0.967 bits per heavy atom. The standard InChI is InChI=1S/C23H19FN2O3S/c1-2-30(28,29)26-18-12-13-20-19(14-18)22(23(27)25-20)21(15-6-4-3-5-7-15)16-8-10-17(24)11-9-16/h3-14,26H,2H2,1H3,(H,25,27)/b22-21+. The fraction of sp³-hybridized carbons (Fsp3) is 0.0870. The Morgan fingerprint density at radius 2 is 1.63 bits per heavy atom. The second-order valence-electron chi connectivity index (χ2n) is 6.84. The third-order valence-corrected chi connectivity index (χ3v) is 6.17. The van der Waals surface area contributed by atoms with Crippen molar-refractivity contribution in [3.05, 3.63) is 95.3 Å². The van der Waals surface area contributed by atoms with Crippen LogP contribution in [-0.2, 0) is 14.8 Å². The average molecular weight is 422 g/mol. The van der Waals surface area contributed by atoms with Crippen molar-refractivity contribution in [2.45, 2.75) is 6.92 Å². The van der Waals surface area contributed by atoms with Gasteiger partial charge in [-0.2, -0.15) is 0 Å². The van der Waals surface area contributed by atoms with E-state index >= 15 is 0 Å². The van der Waals surface area contributed by atoms with E-state index < -0.39 is 10.0 Å². The van der Waals surface area contributed by atoms with Gasteiger partial charge in [-0.25, -0.2) is 12.8 Å². The number of hydrogen-bond acceptors (Lipinski definition) is 3. The summed E-state index contributed by atoms with van der Waals surface area (Å²) in [6.07, 6.45) is 0. The van der Waals surface area contributed by atoms with Crippen molar-refractivity contribution >= 4 is 38.5 Å². The molecule has 30 heavy (non-hydrogen) atoms. The van der Waals surface area contributed by atoms with Crippen LogP contribution in [-0.4, -0.2) is 20.1 Å². The molecule has 0 aliphatic carbocycles. The minimum absolute atomic E-state index is 0.0607. The Morgan fingerprint density at radius 3 is 2.30 bits per heavy atom. The molecule has 4 rings (SSSR count). The van der Waals surface area contributed by atoms with Crippen molar-refractivity contribution < 1.29 is 17.6 Å². The average Bonchev–Trinajstić information content (AvgIpc) is 3.05. The van der Waals surface area contributed by atoms with Crippen molar-refractivity contribution in [2.75, 3.05) is 15.8 Å². The maximum absolute atomic E-state index is 13.5. The molecule has 152 valence electrons. The molecule has 3 aromatic rings. The summed E-state index contributed by atoms with van der Waals surface area (Å²) in [5.74, 6) is -0.734. The molecule has 1 aliphatic heterocycles. The van der Waals surface area contributed by atoms with Gasteiger partial charge in [0.15, 0.2) is 0 Å². The van der Waals surface area contributed by atoms with E-state index in [2.05, 4.69) is 10.0 Å². The monoisotopic (exact) mass is 422 g/mol. The second-order valence-corrected chi connectivity index (χ2v) is 8.85. The number of hydrogen-bond donors (Lipinski definition) is 2. The molecule has 1 amide bonds. The molecule has 0 unspecified atom stereocenters. The van der Waals surface area contributed by atoms with Crippen LogP contribution in [0, 0.1) is 5.82 Å². The maximum Gasteiger partial charge on any atom is 0.257 e. The minimum Gasteiger partial charge on any atom is -0.321 e. The predicted molar refractivity (Wildman–Crippen MR) is 117 cm³/mol. The van der Waals surface area contributed by atoms with E-state index in [4.69, 9.17) is 0 Å². The van der Waals surface area contributed by atoms with Gasteiger partial charge >= 0.3 is 0 Å². The highest BCUT2D eigenvalue weighted by molar-refractivity contribution is 7.92. The number of rotatable bonds is 5. The molecule has 0 saturated carbocycles. The largest absolute Gasteiger partial charge is 0.321 e. The van der Waals surface area contributed by atoms with Gasteiger partial charge in [-0.05, 0) is 48.4 Å². The van der Waals surface area contributed by atoms with Crippen LogP contribution in [0.25, 0.3) is 11.1 Å². The summed E-state index contributed by atoms with van der Waals surface area (Å²) in [6.45, 7) is 1.55. The first-order valence-corrected chi connectivity index (χ1v) is 11.0. The molecular formula is C23H19FN2O3S. The SMILES string of the molecule is CCS(=O)(=O)Nc1ccc2c(c1)/C(=C(/c1ccccc1)c1ccc(F)cc1)C(=O)N2. The van der Waals surface area contributed by atoms with Gasteiger partial charge in [0.1, 0.15) is 5.82 Å². The Labute approximate surface area is 174 Å². The third kappa shape index (κ3) is 3.84. The molecule has 0 aromatic heterocycles. The molecule has 0 spiro atoms. The van der Waals surface area contributed by atoms with E-state index in [1.54, 1.807) is 37.3 Å². The normalized spacial score (nSPS) is 14.8. The van der Waals surface area contributed by atoms with Crippen LogP contribution in [0.2, 0.25) is 0 Å². The summed E-state index contributed by atoms with van der Waals surface area (Å²) in [5, 5.41) is 2.83. The van der Waals surface area contributed by atoms with Gasteiger partial charge in [-0.15, -0.1) is 0 Å². The topological polar surface area (TPSA) is 75.3 Å². The lowest BCUT2D eigenvalue weighted by molar-refractivity contribution is -0.110. The number of halogens is 1. The zero-order chi connectivity index (χ0) is 21.3. The van der Waals surface area contributed by atoms with Crippen molar-refractivity contribution in [2.24, 2.45) is 0 Å². The number of benzene rings is 3. The molecule has 1 heterocycles. The molecule has 2 N–H and O–H groups in total. The molecule has 0 fully saturated rings. The fourth-order valence-corrected chi connectivity index (χ4v) is 4.04. The van der Waals surface area contributed by atoms with Crippen molar-refractivity contribution in [3.8, 4) is 0 Å². The number of nitrogens with one attached hydrogen (secondary N) is 2. The molecule has 0 radical (unpaired) electrons. The highest BCUT2D eigenvalue weighted by atomic mass is 32.2. The van der Waals surface area contributed by atoms with Crippen LogP contribution in [0.4, 0.5) is 15.8 Å². The minimum atomic E-state index is -3.46. The van der Waals surface area contributed by atoms with E-state index in [-0.39, 0.29) is 17.5 Å². The summed E-state index contributed by atoms with van der Waals surface area (Å²) in [7, 11) is -3.46. The fourth-order valence-electron chi connectivity index (χ4n) is 3.41. The molecular weight excluding hydrogens is 403 g/mol. The van der Waals surface area contributed by atoms with Gasteiger partial charge in [-0.1, -0.05) is 42.5 Å². The summed E-state index contributed by atoms with van der Waals surface area (Å²) in [4.78, 5) is 13.0. The quantitative estimate of drug-likeness (QED) is 0.595. The number of carbonyl (C=O) groups is 1. The Kier molecular flexibility index (Phi) is 5.13. The van der Waals surface area contributed by atoms with Crippen LogP contribution in [0.3, 0.4) is 0 Å². The molecule has 5 nitrogen and oxygen atoms in total. The van der Waals surface area contributed by atoms with Gasteiger partial charge in [0, 0.05) is 22.5 Å². The molecule has 0 saturated heterocycles. The molecule has 1 aliphatic rings. The van der Waals surface area contributed by atoms with Crippen molar-refractivity contribution in [1.29, 1.82) is 0 Å². The van der Waals surface area contributed by atoms with Gasteiger partial charge in [0.05, 0.1) is 11.3 Å². The lowest BCUT2D eigenvalue weighted by Gasteiger charge is -2.13. The van der Waals surface area contributed by atoms with Gasteiger partial charge in [0.25, 0.3) is 5.91 Å². The lowest BCUT2D eigenvalue weighted by atomic mass is 9.90. The van der Waals surface area contributed by atoms with E-state index in [1.165, 1.54) is 12.1 Å². The highest BCUT2D eigenvalue weighted by Crippen LogP contribution is 2.41. The second kappa shape index (κ2) is 7.76. The van der Waals surface area contributed by atoms with E-state index in [9.17, 15) is 17.6 Å². The maximum atomic E-state index is 13.5. The van der Waals surface area contributed by atoms with Crippen LogP contribution >= 0.6 is 0 Å². The molecule has 3 aromatic carbocycles. The van der Waals surface area contributed by atoms with Crippen LogP contribution in [0.1, 0.15) is 23.6 Å². The Hall–Kier alpha value is -3.45. The first kappa shape index (κ1) is 19.8. The first-order valence-electron chi connectivity index (χ1n) is 9.40. The van der Waals surface area contributed by atoms with Crippen LogP contribution in [0.5, 0.6) is 0 Å². The number of fused-ring (bicyclic) bond motifs is 1. The summed E-state index contributed by atoms with van der Waals surface area (Å²) in [5.41, 5.74) is 4.06. The molecule has 0 atom stereocenters. The number of amides is 1. The lowest BCUT2D eigenvalue weighted by Crippen LogP contribution is -2.14. The summed E-state index contributed by atoms with van der Waals surface area (Å²) >= 11 is 0. The number of anilines is 2. The van der Waals surface area contributed by atoms with E-state index in [1.807, 2.05) is 30.3 Å². The van der Waals surface area contributed by atoms with Gasteiger partial charge < -0.3 is 5.32 Å². The molecule has 7 heteroatoms. The number of carbonyl (C=O) groups excluding carboxylic acids is 1. The van der Waals surface area contributed by atoms with Gasteiger partial charge in [-0.3, -0.25) is 9.52 Å². The summed E-state index contributed by atoms with van der Waals surface area (Å²) in [6, 6.07) is 20.2. The zero-order valence-electron chi connectivity index (χ0n) is 16.1. The van der Waals surface area contributed by atoms with Gasteiger partial charge in [0.2, 0.25) is 10.0 Å². The van der Waals surface area contributed by atoms with Crippen molar-refractivity contribution in [1.82, 2.24) is 0 Å².